The van der Waals surface area contributed by atoms with Gasteiger partial charge in [-0.2, -0.15) is 0 Å². The Bertz CT molecular complexity index is 963. The maximum atomic E-state index is 12.2. The summed E-state index contributed by atoms with van der Waals surface area (Å²) in [5, 5.41) is 4.67. The molecule has 0 aliphatic rings. The highest BCUT2D eigenvalue weighted by molar-refractivity contribution is 6.07. The molecular formula is C22H24N2O7. The molecule has 0 unspecified atom stereocenters. The first-order valence-corrected chi connectivity index (χ1v) is 9.33. The summed E-state index contributed by atoms with van der Waals surface area (Å²) in [5.74, 6) is -1.91. The molecule has 0 bridgehead atoms. The van der Waals surface area contributed by atoms with E-state index in [4.69, 9.17) is 14.2 Å². The Labute approximate surface area is 179 Å². The predicted octanol–water partition coefficient (Wildman–Crippen LogP) is 3.16. The zero-order valence-electron chi connectivity index (χ0n) is 17.7. The van der Waals surface area contributed by atoms with Gasteiger partial charge in [0.25, 0.3) is 11.8 Å². The quantitative estimate of drug-likeness (QED) is 0.678. The van der Waals surface area contributed by atoms with Crippen molar-refractivity contribution in [1.82, 2.24) is 5.32 Å². The number of anilines is 1. The molecule has 2 rings (SSSR count). The van der Waals surface area contributed by atoms with Gasteiger partial charge in [-0.3, -0.25) is 20.2 Å². The second-order valence-electron chi connectivity index (χ2n) is 7.36. The van der Waals surface area contributed by atoms with Crippen molar-refractivity contribution in [3.05, 3.63) is 59.7 Å². The van der Waals surface area contributed by atoms with Gasteiger partial charge in [-0.1, -0.05) is 12.1 Å². The molecule has 0 saturated heterocycles. The summed E-state index contributed by atoms with van der Waals surface area (Å²) in [6.45, 7) is 4.58. The van der Waals surface area contributed by atoms with Gasteiger partial charge in [0.15, 0.2) is 6.61 Å². The van der Waals surface area contributed by atoms with E-state index < -0.39 is 36.1 Å². The summed E-state index contributed by atoms with van der Waals surface area (Å²) in [7, 11) is 1.41. The third kappa shape index (κ3) is 7.46. The van der Waals surface area contributed by atoms with Gasteiger partial charge < -0.3 is 14.2 Å². The fourth-order valence-electron chi connectivity index (χ4n) is 2.39. The third-order valence-corrected chi connectivity index (χ3v) is 3.70. The molecule has 9 heteroatoms. The van der Waals surface area contributed by atoms with Crippen LogP contribution in [0.5, 0.6) is 5.75 Å². The summed E-state index contributed by atoms with van der Waals surface area (Å²) in [6, 6.07) is 12.2. The fraction of sp³-hybridized carbons (Fsp3) is 0.273. The van der Waals surface area contributed by atoms with Crippen LogP contribution < -0.4 is 15.4 Å². The monoisotopic (exact) mass is 428 g/mol. The summed E-state index contributed by atoms with van der Waals surface area (Å²) < 4.78 is 15.1. The van der Waals surface area contributed by atoms with Gasteiger partial charge in [0.05, 0.1) is 18.2 Å². The lowest BCUT2D eigenvalue weighted by molar-refractivity contribution is -0.123. The largest absolute Gasteiger partial charge is 0.496 e. The molecule has 164 valence electrons. The molecule has 0 fully saturated rings. The Kier molecular flexibility index (Phi) is 7.73. The minimum atomic E-state index is -0.785. The number of carbonyl (C=O) groups excluding carboxylic acids is 4. The minimum Gasteiger partial charge on any atom is -0.496 e. The Morgan fingerprint density at radius 3 is 2.19 bits per heavy atom. The first kappa shape index (κ1) is 23.4. The molecular weight excluding hydrogens is 404 g/mol. The van der Waals surface area contributed by atoms with Crippen molar-refractivity contribution in [2.24, 2.45) is 0 Å². The number of benzene rings is 2. The summed E-state index contributed by atoms with van der Waals surface area (Å²) in [4.78, 5) is 48.0. The van der Waals surface area contributed by atoms with Crippen molar-refractivity contribution in [2.45, 2.75) is 26.4 Å². The van der Waals surface area contributed by atoms with Crippen molar-refractivity contribution in [1.29, 1.82) is 0 Å². The fourth-order valence-corrected chi connectivity index (χ4v) is 2.39. The molecule has 3 amide bonds. The molecule has 2 aromatic rings. The number of imide groups is 1. The van der Waals surface area contributed by atoms with Crippen LogP contribution in [-0.4, -0.2) is 43.2 Å². The van der Waals surface area contributed by atoms with Crippen molar-refractivity contribution >= 4 is 29.6 Å². The van der Waals surface area contributed by atoms with E-state index in [9.17, 15) is 19.2 Å². The van der Waals surface area contributed by atoms with E-state index >= 15 is 0 Å². The zero-order valence-corrected chi connectivity index (χ0v) is 17.7. The van der Waals surface area contributed by atoms with Crippen molar-refractivity contribution in [3.8, 4) is 5.75 Å². The standard InChI is InChI=1S/C22H24N2O7/c1-22(2,3)31-21(28)23-15-11-9-14(10-12-15)20(27)30-13-18(25)24-19(26)16-7-5-6-8-17(16)29-4/h5-12H,13H2,1-4H3,(H,23,28)(H,24,25,26). The smallest absolute Gasteiger partial charge is 0.412 e. The van der Waals surface area contributed by atoms with E-state index in [0.717, 1.165) is 0 Å². The van der Waals surface area contributed by atoms with Gasteiger partial charge >= 0.3 is 12.1 Å². The molecule has 9 nitrogen and oxygen atoms in total. The molecule has 0 spiro atoms. The van der Waals surface area contributed by atoms with Crippen molar-refractivity contribution in [3.63, 3.8) is 0 Å². The van der Waals surface area contributed by atoms with Crippen LogP contribution in [0.4, 0.5) is 10.5 Å². The average molecular weight is 428 g/mol. The number of ether oxygens (including phenoxy) is 3. The number of esters is 1. The van der Waals surface area contributed by atoms with Crippen LogP contribution in [0.1, 0.15) is 41.5 Å². The van der Waals surface area contributed by atoms with Crippen LogP contribution in [-0.2, 0) is 14.3 Å². The lowest BCUT2D eigenvalue weighted by Gasteiger charge is -2.19. The molecule has 0 atom stereocenters. The number of methoxy groups -OCH3 is 1. The normalized spacial score (nSPS) is 10.6. The molecule has 31 heavy (non-hydrogen) atoms. The SMILES string of the molecule is COc1ccccc1C(=O)NC(=O)COC(=O)c1ccc(NC(=O)OC(C)(C)C)cc1. The Balaban J connectivity index is 1.86. The third-order valence-electron chi connectivity index (χ3n) is 3.70. The summed E-state index contributed by atoms with van der Waals surface area (Å²) in [5.41, 5.74) is 0.129. The minimum absolute atomic E-state index is 0.165. The topological polar surface area (TPSA) is 120 Å². The van der Waals surface area contributed by atoms with Gasteiger partial charge in [-0.25, -0.2) is 9.59 Å². The highest BCUT2D eigenvalue weighted by Gasteiger charge is 2.18. The molecule has 0 radical (unpaired) electrons. The molecule has 0 aromatic heterocycles. The maximum Gasteiger partial charge on any atom is 0.412 e. The Morgan fingerprint density at radius 1 is 0.935 bits per heavy atom. The van der Waals surface area contributed by atoms with Gasteiger partial charge in [0.1, 0.15) is 11.4 Å². The number of carbonyl (C=O) groups is 4. The molecule has 0 saturated carbocycles. The van der Waals surface area contributed by atoms with Crippen molar-refractivity contribution in [2.75, 3.05) is 19.0 Å². The van der Waals surface area contributed by atoms with Crippen molar-refractivity contribution < 1.29 is 33.4 Å². The number of hydrogen-bond donors (Lipinski definition) is 2. The molecule has 0 aliphatic heterocycles. The number of rotatable bonds is 6. The molecule has 2 N–H and O–H groups in total. The van der Waals surface area contributed by atoms with E-state index in [1.807, 2.05) is 0 Å². The number of para-hydroxylation sites is 1. The van der Waals surface area contributed by atoms with Gasteiger partial charge in [-0.15, -0.1) is 0 Å². The van der Waals surface area contributed by atoms with Crippen LogP contribution in [0, 0.1) is 0 Å². The molecule has 0 heterocycles. The first-order valence-electron chi connectivity index (χ1n) is 9.33. The van der Waals surface area contributed by atoms with E-state index in [2.05, 4.69) is 10.6 Å². The van der Waals surface area contributed by atoms with E-state index in [1.165, 1.54) is 37.4 Å². The van der Waals surface area contributed by atoms with Crippen LogP contribution in [0.2, 0.25) is 0 Å². The maximum absolute atomic E-state index is 12.2. The van der Waals surface area contributed by atoms with E-state index in [1.54, 1.807) is 39.0 Å². The van der Waals surface area contributed by atoms with Crippen LogP contribution in [0.25, 0.3) is 0 Å². The van der Waals surface area contributed by atoms with Crippen LogP contribution in [0.3, 0.4) is 0 Å². The van der Waals surface area contributed by atoms with Gasteiger partial charge in [0.2, 0.25) is 0 Å². The second kappa shape index (κ2) is 10.2. The molecule has 0 aliphatic carbocycles. The van der Waals surface area contributed by atoms with E-state index in [-0.39, 0.29) is 11.1 Å². The number of hydrogen-bond acceptors (Lipinski definition) is 7. The van der Waals surface area contributed by atoms with Gasteiger partial charge in [0, 0.05) is 5.69 Å². The lowest BCUT2D eigenvalue weighted by atomic mass is 10.2. The Hall–Kier alpha value is -3.88. The lowest BCUT2D eigenvalue weighted by Crippen LogP contribution is -2.34. The number of nitrogens with one attached hydrogen (secondary N) is 2. The first-order chi connectivity index (χ1) is 14.6. The molecule has 2 aromatic carbocycles. The Morgan fingerprint density at radius 2 is 1.58 bits per heavy atom. The second-order valence-corrected chi connectivity index (χ2v) is 7.36. The highest BCUT2D eigenvalue weighted by Crippen LogP contribution is 2.17. The predicted molar refractivity (Wildman–Crippen MR) is 112 cm³/mol. The average Bonchev–Trinajstić information content (AvgIpc) is 2.71. The number of amides is 3. The van der Waals surface area contributed by atoms with E-state index in [0.29, 0.717) is 11.4 Å². The van der Waals surface area contributed by atoms with Crippen LogP contribution in [0.15, 0.2) is 48.5 Å². The van der Waals surface area contributed by atoms with Gasteiger partial charge in [-0.05, 0) is 57.2 Å². The zero-order chi connectivity index (χ0) is 23.0. The summed E-state index contributed by atoms with van der Waals surface area (Å²) >= 11 is 0. The highest BCUT2D eigenvalue weighted by atomic mass is 16.6. The summed E-state index contributed by atoms with van der Waals surface area (Å²) in [6.07, 6.45) is -0.626. The van der Waals surface area contributed by atoms with Crippen LogP contribution >= 0.6 is 0 Å².